The highest BCUT2D eigenvalue weighted by molar-refractivity contribution is 7.07. The molecule has 6 heteroatoms. The summed E-state index contributed by atoms with van der Waals surface area (Å²) in [6, 6.07) is 15.2. The van der Waals surface area contributed by atoms with Gasteiger partial charge in [-0.15, -0.1) is 11.3 Å². The lowest BCUT2D eigenvalue weighted by Gasteiger charge is -2.14. The number of rotatable bonds is 4. The van der Waals surface area contributed by atoms with Crippen LogP contribution in [0.2, 0.25) is 5.02 Å². The molecule has 24 heavy (non-hydrogen) atoms. The van der Waals surface area contributed by atoms with Gasteiger partial charge in [0.2, 0.25) is 0 Å². The molecule has 0 saturated carbocycles. The van der Waals surface area contributed by atoms with Crippen LogP contribution in [0.1, 0.15) is 11.7 Å². The van der Waals surface area contributed by atoms with E-state index in [4.69, 9.17) is 16.6 Å². The van der Waals surface area contributed by atoms with Crippen LogP contribution in [0, 0.1) is 0 Å². The number of aliphatic hydroxyl groups is 1. The molecule has 0 radical (unpaired) electrons. The average molecular weight is 356 g/mol. The summed E-state index contributed by atoms with van der Waals surface area (Å²) in [7, 11) is 0. The Labute approximate surface area is 148 Å². The normalized spacial score (nSPS) is 12.6. The standard InChI is InChI=1S/C18H14ClN3OS/c19-13-7-5-12(6-8-13)17(23)9-22-16-4-2-1-3-14(16)21-18(22)15-10-24-11-20-15/h1-8,10-11,17,23H,9H2. The smallest absolute Gasteiger partial charge is 0.160 e. The predicted octanol–water partition coefficient (Wildman–Crippen LogP) is 4.55. The molecule has 2 aromatic heterocycles. The Morgan fingerprint density at radius 2 is 1.92 bits per heavy atom. The van der Waals surface area contributed by atoms with Crippen LogP contribution in [-0.2, 0) is 6.54 Å². The summed E-state index contributed by atoms with van der Waals surface area (Å²) in [6.07, 6.45) is -0.655. The van der Waals surface area contributed by atoms with Gasteiger partial charge in [-0.1, -0.05) is 35.9 Å². The molecule has 4 nitrogen and oxygen atoms in total. The zero-order chi connectivity index (χ0) is 16.5. The first-order valence-electron chi connectivity index (χ1n) is 7.50. The van der Waals surface area contributed by atoms with Gasteiger partial charge >= 0.3 is 0 Å². The Bertz CT molecular complexity index is 964. The van der Waals surface area contributed by atoms with Crippen molar-refractivity contribution in [3.8, 4) is 11.5 Å². The van der Waals surface area contributed by atoms with Gasteiger partial charge in [-0.05, 0) is 29.8 Å². The van der Waals surface area contributed by atoms with E-state index < -0.39 is 6.10 Å². The third-order valence-corrected chi connectivity index (χ3v) is 4.76. The molecule has 1 N–H and O–H groups in total. The largest absolute Gasteiger partial charge is 0.387 e. The van der Waals surface area contributed by atoms with Gasteiger partial charge in [0.15, 0.2) is 5.82 Å². The average Bonchev–Trinajstić information content (AvgIpc) is 3.23. The molecule has 1 atom stereocenters. The number of thiazole rings is 1. The third-order valence-electron chi connectivity index (χ3n) is 3.93. The van der Waals surface area contributed by atoms with Crippen molar-refractivity contribution >= 4 is 34.0 Å². The highest BCUT2D eigenvalue weighted by atomic mass is 35.5. The van der Waals surface area contributed by atoms with E-state index in [2.05, 4.69) is 4.98 Å². The zero-order valence-electron chi connectivity index (χ0n) is 12.6. The van der Waals surface area contributed by atoms with Crippen molar-refractivity contribution in [2.24, 2.45) is 0 Å². The van der Waals surface area contributed by atoms with E-state index in [-0.39, 0.29) is 0 Å². The van der Waals surface area contributed by atoms with Crippen molar-refractivity contribution in [1.29, 1.82) is 0 Å². The second kappa shape index (κ2) is 6.36. The van der Waals surface area contributed by atoms with Crippen molar-refractivity contribution in [3.05, 3.63) is 70.0 Å². The number of nitrogens with zero attached hydrogens (tertiary/aromatic N) is 3. The van der Waals surface area contributed by atoms with Crippen LogP contribution < -0.4 is 0 Å². The maximum Gasteiger partial charge on any atom is 0.160 e. The first kappa shape index (κ1) is 15.3. The lowest BCUT2D eigenvalue weighted by molar-refractivity contribution is 0.158. The fraction of sp³-hybridized carbons (Fsp3) is 0.111. The minimum atomic E-state index is -0.655. The van der Waals surface area contributed by atoms with E-state index in [9.17, 15) is 5.11 Å². The molecule has 0 amide bonds. The second-order valence-corrected chi connectivity index (χ2v) is 6.63. The molecule has 0 saturated heterocycles. The highest BCUT2D eigenvalue weighted by Crippen LogP contribution is 2.27. The molecule has 2 heterocycles. The predicted molar refractivity (Wildman–Crippen MR) is 97.3 cm³/mol. The van der Waals surface area contributed by atoms with E-state index in [0.29, 0.717) is 11.6 Å². The second-order valence-electron chi connectivity index (χ2n) is 5.48. The van der Waals surface area contributed by atoms with Crippen LogP contribution >= 0.6 is 22.9 Å². The van der Waals surface area contributed by atoms with Crippen LogP contribution in [0.5, 0.6) is 0 Å². The van der Waals surface area contributed by atoms with Gasteiger partial charge in [-0.25, -0.2) is 9.97 Å². The number of imidazole rings is 1. The quantitative estimate of drug-likeness (QED) is 0.584. The van der Waals surface area contributed by atoms with Gasteiger partial charge in [-0.2, -0.15) is 0 Å². The number of hydrogen-bond acceptors (Lipinski definition) is 4. The maximum atomic E-state index is 10.7. The fourth-order valence-corrected chi connectivity index (χ4v) is 3.40. The minimum absolute atomic E-state index is 0.398. The lowest BCUT2D eigenvalue weighted by Crippen LogP contribution is -2.10. The highest BCUT2D eigenvalue weighted by Gasteiger charge is 2.17. The van der Waals surface area contributed by atoms with Crippen LogP contribution in [0.3, 0.4) is 0 Å². The van der Waals surface area contributed by atoms with Crippen LogP contribution in [0.15, 0.2) is 59.4 Å². The Morgan fingerprint density at radius 3 is 2.67 bits per heavy atom. The summed E-state index contributed by atoms with van der Waals surface area (Å²) < 4.78 is 2.02. The molecule has 0 aliphatic heterocycles. The van der Waals surface area contributed by atoms with E-state index in [1.54, 1.807) is 17.6 Å². The molecule has 0 spiro atoms. The van der Waals surface area contributed by atoms with Gasteiger partial charge < -0.3 is 9.67 Å². The van der Waals surface area contributed by atoms with Gasteiger partial charge in [0.05, 0.1) is 29.2 Å². The number of para-hydroxylation sites is 2. The number of aliphatic hydroxyl groups excluding tert-OH is 1. The summed E-state index contributed by atoms with van der Waals surface area (Å²) in [4.78, 5) is 9.06. The zero-order valence-corrected chi connectivity index (χ0v) is 14.2. The number of halogens is 1. The summed E-state index contributed by atoms with van der Waals surface area (Å²) in [5.74, 6) is 0.769. The summed E-state index contributed by atoms with van der Waals surface area (Å²) in [6.45, 7) is 0.398. The number of fused-ring (bicyclic) bond motifs is 1. The lowest BCUT2D eigenvalue weighted by atomic mass is 10.1. The Kier molecular flexibility index (Phi) is 4.06. The third kappa shape index (κ3) is 2.82. The molecule has 1 unspecified atom stereocenters. The van der Waals surface area contributed by atoms with Gasteiger partial charge in [0, 0.05) is 10.4 Å². The van der Waals surface area contributed by atoms with E-state index in [1.165, 1.54) is 11.3 Å². The monoisotopic (exact) mass is 355 g/mol. The van der Waals surface area contributed by atoms with Crippen LogP contribution in [0.25, 0.3) is 22.6 Å². The first-order valence-corrected chi connectivity index (χ1v) is 8.82. The van der Waals surface area contributed by atoms with Crippen molar-refractivity contribution in [2.45, 2.75) is 12.6 Å². The van der Waals surface area contributed by atoms with E-state index in [1.807, 2.05) is 46.3 Å². The Balaban J connectivity index is 1.77. The number of benzene rings is 2. The molecule has 120 valence electrons. The number of hydrogen-bond donors (Lipinski definition) is 1. The van der Waals surface area contributed by atoms with Crippen molar-refractivity contribution in [2.75, 3.05) is 0 Å². The maximum absolute atomic E-state index is 10.7. The molecule has 0 aliphatic rings. The molecular weight excluding hydrogens is 342 g/mol. The van der Waals surface area contributed by atoms with Gasteiger partial charge in [-0.3, -0.25) is 0 Å². The SMILES string of the molecule is OC(Cn1c(-c2cscn2)nc2ccccc21)c1ccc(Cl)cc1. The van der Waals surface area contributed by atoms with Crippen molar-refractivity contribution < 1.29 is 5.11 Å². The number of aromatic nitrogens is 3. The molecular formula is C18H14ClN3OS. The molecule has 0 bridgehead atoms. The van der Waals surface area contributed by atoms with E-state index in [0.717, 1.165) is 28.1 Å². The molecule has 0 aliphatic carbocycles. The topological polar surface area (TPSA) is 50.9 Å². The van der Waals surface area contributed by atoms with Gasteiger partial charge in [0.25, 0.3) is 0 Å². The molecule has 0 fully saturated rings. The first-order chi connectivity index (χ1) is 11.7. The Hall–Kier alpha value is -2.21. The molecule has 4 rings (SSSR count). The van der Waals surface area contributed by atoms with Crippen molar-refractivity contribution in [3.63, 3.8) is 0 Å². The summed E-state index contributed by atoms with van der Waals surface area (Å²) in [5.41, 5.74) is 5.30. The minimum Gasteiger partial charge on any atom is -0.387 e. The Morgan fingerprint density at radius 1 is 1.12 bits per heavy atom. The van der Waals surface area contributed by atoms with E-state index >= 15 is 0 Å². The van der Waals surface area contributed by atoms with Crippen LogP contribution in [-0.4, -0.2) is 19.6 Å². The summed E-state index contributed by atoms with van der Waals surface area (Å²) in [5, 5.41) is 13.3. The fourth-order valence-electron chi connectivity index (χ4n) is 2.74. The molecule has 4 aromatic rings. The van der Waals surface area contributed by atoms with Crippen molar-refractivity contribution in [1.82, 2.24) is 14.5 Å². The van der Waals surface area contributed by atoms with Crippen LogP contribution in [0.4, 0.5) is 0 Å². The molecule has 2 aromatic carbocycles. The summed E-state index contributed by atoms with van der Waals surface area (Å²) >= 11 is 7.45. The van der Waals surface area contributed by atoms with Gasteiger partial charge in [0.1, 0.15) is 5.69 Å².